The lowest BCUT2D eigenvalue weighted by molar-refractivity contribution is -0.137. The van der Waals surface area contributed by atoms with E-state index >= 15 is 0 Å². The summed E-state index contributed by atoms with van der Waals surface area (Å²) in [6.45, 7) is 4.83. The Kier molecular flexibility index (Phi) is 5.63. The monoisotopic (exact) mass is 298 g/mol. The molecule has 0 aromatic carbocycles. The molecular weight excluding hydrogens is 268 g/mol. The van der Waals surface area contributed by atoms with Gasteiger partial charge in [0.2, 0.25) is 5.91 Å². The van der Waals surface area contributed by atoms with Crippen LogP contribution in [0.1, 0.15) is 45.4 Å². The van der Waals surface area contributed by atoms with Crippen LogP contribution in [0.25, 0.3) is 0 Å². The molecule has 0 radical (unpaired) electrons. The topological polar surface area (TPSA) is 70.6 Å². The Bertz CT molecular complexity index is 350. The molecule has 1 aliphatic carbocycles. The van der Waals surface area contributed by atoms with Gasteiger partial charge in [-0.25, -0.2) is 0 Å². The van der Waals surface area contributed by atoms with E-state index in [9.17, 15) is 9.90 Å². The van der Waals surface area contributed by atoms with Crippen molar-refractivity contribution in [2.75, 3.05) is 33.4 Å². The van der Waals surface area contributed by atoms with E-state index in [0.717, 1.165) is 51.6 Å². The van der Waals surface area contributed by atoms with Gasteiger partial charge in [-0.3, -0.25) is 4.79 Å². The molecule has 2 rings (SSSR count). The predicted octanol–water partition coefficient (Wildman–Crippen LogP) is 1.06. The molecule has 0 aromatic rings. The Labute approximate surface area is 127 Å². The molecule has 1 heterocycles. The van der Waals surface area contributed by atoms with Crippen LogP contribution in [-0.4, -0.2) is 50.5 Å². The third kappa shape index (κ3) is 3.76. The molecule has 1 saturated carbocycles. The number of ether oxygens (including phenoxy) is 1. The molecule has 0 aromatic heterocycles. The highest BCUT2D eigenvalue weighted by Gasteiger charge is 2.41. The second-order valence-electron chi connectivity index (χ2n) is 7.06. The van der Waals surface area contributed by atoms with Gasteiger partial charge in [-0.15, -0.1) is 0 Å². The number of methoxy groups -OCH3 is 1. The van der Waals surface area contributed by atoms with Crippen LogP contribution in [0.4, 0.5) is 0 Å². The minimum atomic E-state index is -0.407. The Morgan fingerprint density at radius 2 is 2.05 bits per heavy atom. The first-order chi connectivity index (χ1) is 10.0. The zero-order valence-electron chi connectivity index (χ0n) is 13.4. The molecular formula is C16H30N2O3. The normalized spacial score (nSPS) is 32.6. The van der Waals surface area contributed by atoms with Crippen LogP contribution in [0, 0.1) is 10.8 Å². The maximum absolute atomic E-state index is 12.7. The fraction of sp³-hybridized carbons (Fsp3) is 0.938. The van der Waals surface area contributed by atoms with Crippen LogP contribution in [0.2, 0.25) is 0 Å². The Balaban J connectivity index is 1.95. The second-order valence-corrected chi connectivity index (χ2v) is 7.06. The summed E-state index contributed by atoms with van der Waals surface area (Å²) in [6, 6.07) is 0. The maximum Gasteiger partial charge on any atom is 0.228 e. The van der Waals surface area contributed by atoms with Crippen molar-refractivity contribution in [1.82, 2.24) is 10.6 Å². The second kappa shape index (κ2) is 7.07. The molecule has 1 saturated heterocycles. The quantitative estimate of drug-likeness (QED) is 0.710. The van der Waals surface area contributed by atoms with E-state index < -0.39 is 5.41 Å². The van der Waals surface area contributed by atoms with Crippen molar-refractivity contribution in [3.63, 3.8) is 0 Å². The predicted molar refractivity (Wildman–Crippen MR) is 82.0 cm³/mol. The first kappa shape index (κ1) is 16.7. The number of amides is 1. The van der Waals surface area contributed by atoms with Crippen molar-refractivity contribution < 1.29 is 14.6 Å². The zero-order valence-corrected chi connectivity index (χ0v) is 13.4. The van der Waals surface area contributed by atoms with Gasteiger partial charge in [0, 0.05) is 19.1 Å². The lowest BCUT2D eigenvalue weighted by Crippen LogP contribution is -2.53. The van der Waals surface area contributed by atoms with Crippen LogP contribution in [0.15, 0.2) is 0 Å². The molecule has 2 aliphatic rings. The van der Waals surface area contributed by atoms with Gasteiger partial charge in [-0.1, -0.05) is 19.8 Å². The summed E-state index contributed by atoms with van der Waals surface area (Å²) in [7, 11) is 1.66. The number of aliphatic hydroxyl groups excluding tert-OH is 1. The average molecular weight is 298 g/mol. The van der Waals surface area contributed by atoms with Crippen molar-refractivity contribution in [3.8, 4) is 0 Å². The van der Waals surface area contributed by atoms with Gasteiger partial charge in [0.15, 0.2) is 0 Å². The molecule has 1 aliphatic heterocycles. The standard InChI is InChI=1S/C16H30N2O3/c1-15(6-4-3-5-13(15)19)11-18-14(20)16(12-21-2)7-9-17-10-8-16/h13,17,19H,3-12H2,1-2H3,(H,18,20). The SMILES string of the molecule is COCC1(C(=O)NCC2(C)CCCCC2O)CCNCC1. The van der Waals surface area contributed by atoms with Gasteiger partial charge < -0.3 is 20.5 Å². The summed E-state index contributed by atoms with van der Waals surface area (Å²) in [6.07, 6.45) is 5.36. The minimum absolute atomic E-state index is 0.0878. The first-order valence-electron chi connectivity index (χ1n) is 8.18. The van der Waals surface area contributed by atoms with E-state index in [2.05, 4.69) is 17.6 Å². The highest BCUT2D eigenvalue weighted by molar-refractivity contribution is 5.83. The summed E-state index contributed by atoms with van der Waals surface area (Å²) in [4.78, 5) is 12.7. The van der Waals surface area contributed by atoms with Gasteiger partial charge in [-0.2, -0.15) is 0 Å². The summed E-state index contributed by atoms with van der Waals surface area (Å²) >= 11 is 0. The number of piperidine rings is 1. The summed E-state index contributed by atoms with van der Waals surface area (Å²) in [5, 5.41) is 16.6. The molecule has 0 spiro atoms. The summed E-state index contributed by atoms with van der Waals surface area (Å²) < 4.78 is 5.31. The van der Waals surface area contributed by atoms with Gasteiger partial charge in [0.1, 0.15) is 0 Å². The van der Waals surface area contributed by atoms with Gasteiger partial charge in [-0.05, 0) is 38.8 Å². The van der Waals surface area contributed by atoms with Crippen LogP contribution in [-0.2, 0) is 9.53 Å². The number of hydrogen-bond donors (Lipinski definition) is 3. The van der Waals surface area contributed by atoms with E-state index in [1.54, 1.807) is 7.11 Å². The van der Waals surface area contributed by atoms with Gasteiger partial charge >= 0.3 is 0 Å². The fourth-order valence-electron chi connectivity index (χ4n) is 3.68. The number of rotatable bonds is 5. The lowest BCUT2D eigenvalue weighted by atomic mass is 9.72. The fourth-order valence-corrected chi connectivity index (χ4v) is 3.68. The molecule has 5 heteroatoms. The molecule has 2 unspecified atom stereocenters. The average Bonchev–Trinajstić information content (AvgIpc) is 2.49. The molecule has 1 amide bonds. The van der Waals surface area contributed by atoms with Gasteiger partial charge in [0.05, 0.1) is 18.1 Å². The van der Waals surface area contributed by atoms with Crippen molar-refractivity contribution >= 4 is 5.91 Å². The van der Waals surface area contributed by atoms with Crippen molar-refractivity contribution in [1.29, 1.82) is 0 Å². The van der Waals surface area contributed by atoms with Crippen LogP contribution < -0.4 is 10.6 Å². The third-order valence-corrected chi connectivity index (χ3v) is 5.40. The smallest absolute Gasteiger partial charge is 0.228 e. The number of carbonyl (C=O) groups is 1. The molecule has 2 atom stereocenters. The minimum Gasteiger partial charge on any atom is -0.392 e. The van der Waals surface area contributed by atoms with Gasteiger partial charge in [0.25, 0.3) is 0 Å². The Morgan fingerprint density at radius 1 is 1.33 bits per heavy atom. The largest absolute Gasteiger partial charge is 0.392 e. The number of nitrogens with one attached hydrogen (secondary N) is 2. The van der Waals surface area contributed by atoms with E-state index in [0.29, 0.717) is 13.2 Å². The highest BCUT2D eigenvalue weighted by atomic mass is 16.5. The van der Waals surface area contributed by atoms with E-state index in [1.165, 1.54) is 0 Å². The molecule has 5 nitrogen and oxygen atoms in total. The van der Waals surface area contributed by atoms with Crippen molar-refractivity contribution in [2.24, 2.45) is 10.8 Å². The zero-order chi connectivity index (χ0) is 15.3. The molecule has 2 fully saturated rings. The highest BCUT2D eigenvalue weighted by Crippen LogP contribution is 2.36. The van der Waals surface area contributed by atoms with Crippen LogP contribution >= 0.6 is 0 Å². The molecule has 3 N–H and O–H groups in total. The van der Waals surface area contributed by atoms with E-state index in [1.807, 2.05) is 0 Å². The Morgan fingerprint density at radius 3 is 2.67 bits per heavy atom. The van der Waals surface area contributed by atoms with Crippen LogP contribution in [0.5, 0.6) is 0 Å². The van der Waals surface area contributed by atoms with Crippen molar-refractivity contribution in [3.05, 3.63) is 0 Å². The summed E-state index contributed by atoms with van der Waals surface area (Å²) in [5.74, 6) is 0.0878. The first-order valence-corrected chi connectivity index (χ1v) is 8.18. The molecule has 21 heavy (non-hydrogen) atoms. The lowest BCUT2D eigenvalue weighted by Gasteiger charge is -2.41. The van der Waals surface area contributed by atoms with E-state index in [4.69, 9.17) is 4.74 Å². The van der Waals surface area contributed by atoms with Crippen LogP contribution in [0.3, 0.4) is 0 Å². The third-order valence-electron chi connectivity index (χ3n) is 5.40. The number of hydrogen-bond acceptors (Lipinski definition) is 4. The molecule has 0 bridgehead atoms. The number of carbonyl (C=O) groups excluding carboxylic acids is 1. The molecule has 122 valence electrons. The Hall–Kier alpha value is -0.650. The number of aliphatic hydroxyl groups is 1. The van der Waals surface area contributed by atoms with Crippen molar-refractivity contribution in [2.45, 2.75) is 51.6 Å². The summed E-state index contributed by atoms with van der Waals surface area (Å²) in [5.41, 5.74) is -0.592. The van der Waals surface area contributed by atoms with E-state index in [-0.39, 0.29) is 17.4 Å². The maximum atomic E-state index is 12.7.